The topological polar surface area (TPSA) is 102 Å². The van der Waals surface area contributed by atoms with Gasteiger partial charge in [-0.05, 0) is 37.1 Å². The van der Waals surface area contributed by atoms with Crippen LogP contribution >= 0.6 is 11.6 Å². The van der Waals surface area contributed by atoms with Crippen molar-refractivity contribution in [1.82, 2.24) is 25.1 Å². The average Bonchev–Trinajstić information content (AvgIpc) is 3.44. The smallest absolute Gasteiger partial charge is 0.316 e. The number of aromatic nitrogens is 4. The summed E-state index contributed by atoms with van der Waals surface area (Å²) in [5.41, 5.74) is 1.93. The van der Waals surface area contributed by atoms with Gasteiger partial charge in [0.15, 0.2) is 11.5 Å². The second-order valence-corrected chi connectivity index (χ2v) is 7.49. The minimum atomic E-state index is -0.180. The van der Waals surface area contributed by atoms with Gasteiger partial charge in [-0.15, -0.1) is 0 Å². The summed E-state index contributed by atoms with van der Waals surface area (Å²) in [5.74, 6) is 1.25. The van der Waals surface area contributed by atoms with Crippen molar-refractivity contribution in [2.45, 2.75) is 18.9 Å². The molecule has 1 fully saturated rings. The van der Waals surface area contributed by atoms with Gasteiger partial charge in [0.1, 0.15) is 11.8 Å². The molecule has 2 aromatic heterocycles. The molecule has 5 rings (SSSR count). The molecule has 0 bridgehead atoms. The molecular weight excluding hydrogens is 410 g/mol. The number of aromatic amines is 1. The lowest BCUT2D eigenvalue weighted by Crippen LogP contribution is -2.44. The third kappa shape index (κ3) is 3.76. The molecule has 2 aliphatic rings. The summed E-state index contributed by atoms with van der Waals surface area (Å²) in [7, 11) is 0. The summed E-state index contributed by atoms with van der Waals surface area (Å²) < 4.78 is 16.6. The lowest BCUT2D eigenvalue weighted by molar-refractivity contribution is 0.0510. The van der Waals surface area contributed by atoms with E-state index in [9.17, 15) is 4.79 Å². The maximum absolute atomic E-state index is 13.0. The molecule has 1 atom stereocenters. The van der Waals surface area contributed by atoms with Crippen LogP contribution in [0.2, 0.25) is 5.02 Å². The van der Waals surface area contributed by atoms with Gasteiger partial charge in [0, 0.05) is 12.1 Å². The van der Waals surface area contributed by atoms with Crippen LogP contribution in [0.5, 0.6) is 17.5 Å². The van der Waals surface area contributed by atoms with Gasteiger partial charge >= 0.3 is 6.01 Å². The van der Waals surface area contributed by atoms with Crippen LogP contribution in [0.4, 0.5) is 0 Å². The fourth-order valence-corrected chi connectivity index (χ4v) is 3.63. The molecule has 1 unspecified atom stereocenters. The maximum Gasteiger partial charge on any atom is 0.316 e. The van der Waals surface area contributed by atoms with E-state index in [2.05, 4.69) is 20.2 Å². The highest BCUT2D eigenvalue weighted by molar-refractivity contribution is 6.30. The molecule has 1 aromatic carbocycles. The first-order chi connectivity index (χ1) is 14.7. The highest BCUT2D eigenvalue weighted by Gasteiger charge is 2.27. The summed E-state index contributed by atoms with van der Waals surface area (Å²) in [6, 6.07) is 7.56. The number of ether oxygens (including phenoxy) is 3. The molecule has 1 saturated heterocycles. The van der Waals surface area contributed by atoms with Gasteiger partial charge in [0.05, 0.1) is 29.7 Å². The number of nitrogens with one attached hydrogen (secondary N) is 1. The van der Waals surface area contributed by atoms with Gasteiger partial charge in [-0.25, -0.2) is 9.97 Å². The summed E-state index contributed by atoms with van der Waals surface area (Å²) in [4.78, 5) is 22.8. The van der Waals surface area contributed by atoms with Gasteiger partial charge < -0.3 is 19.1 Å². The van der Waals surface area contributed by atoms with Gasteiger partial charge in [-0.2, -0.15) is 5.10 Å². The molecule has 1 amide bonds. The second-order valence-electron chi connectivity index (χ2n) is 7.05. The molecule has 9 nitrogen and oxygen atoms in total. The quantitative estimate of drug-likeness (QED) is 0.682. The van der Waals surface area contributed by atoms with Crippen LogP contribution in [-0.4, -0.2) is 57.0 Å². The van der Waals surface area contributed by atoms with Crippen molar-refractivity contribution in [1.29, 1.82) is 0 Å². The van der Waals surface area contributed by atoms with E-state index in [4.69, 9.17) is 25.8 Å². The fraction of sp³-hybridized carbons (Fsp3) is 0.300. The number of piperidine rings is 1. The van der Waals surface area contributed by atoms with Crippen molar-refractivity contribution in [3.8, 4) is 28.8 Å². The minimum Gasteiger partial charge on any atom is -0.458 e. The molecule has 10 heteroatoms. The van der Waals surface area contributed by atoms with E-state index in [0.29, 0.717) is 41.0 Å². The van der Waals surface area contributed by atoms with Crippen molar-refractivity contribution < 1.29 is 19.0 Å². The molecule has 1 N–H and O–H groups in total. The number of amides is 1. The van der Waals surface area contributed by atoms with Crippen LogP contribution in [0.3, 0.4) is 0 Å². The van der Waals surface area contributed by atoms with E-state index in [1.165, 1.54) is 12.4 Å². The van der Waals surface area contributed by atoms with Crippen molar-refractivity contribution in [2.24, 2.45) is 0 Å². The zero-order valence-corrected chi connectivity index (χ0v) is 16.6. The van der Waals surface area contributed by atoms with E-state index in [-0.39, 0.29) is 24.8 Å². The third-order valence-corrected chi connectivity index (χ3v) is 5.21. The molecule has 4 heterocycles. The van der Waals surface area contributed by atoms with E-state index in [1.54, 1.807) is 11.0 Å². The molecule has 0 spiro atoms. The Kier molecular flexibility index (Phi) is 4.88. The summed E-state index contributed by atoms with van der Waals surface area (Å²) in [5, 5.41) is 7.58. The van der Waals surface area contributed by atoms with E-state index >= 15 is 0 Å². The number of H-pyrrole nitrogens is 1. The first-order valence-corrected chi connectivity index (χ1v) is 9.92. The molecular formula is C20H18ClN5O4. The molecule has 154 valence electrons. The fourth-order valence-electron chi connectivity index (χ4n) is 3.53. The van der Waals surface area contributed by atoms with Crippen LogP contribution in [0.15, 0.2) is 36.7 Å². The highest BCUT2D eigenvalue weighted by atomic mass is 35.5. The number of fused-ring (bicyclic) bond motifs is 1. The zero-order chi connectivity index (χ0) is 20.5. The minimum absolute atomic E-state index is 0.125. The highest BCUT2D eigenvalue weighted by Crippen LogP contribution is 2.35. The van der Waals surface area contributed by atoms with E-state index in [1.807, 2.05) is 18.2 Å². The first-order valence-electron chi connectivity index (χ1n) is 9.54. The number of nitrogens with zero attached hydrogens (tertiary/aromatic N) is 4. The molecule has 0 saturated carbocycles. The van der Waals surface area contributed by atoms with Crippen LogP contribution in [0.1, 0.15) is 23.3 Å². The van der Waals surface area contributed by atoms with Crippen LogP contribution in [0.25, 0.3) is 11.3 Å². The summed E-state index contributed by atoms with van der Waals surface area (Å²) in [6.07, 6.45) is 4.43. The number of hydrogen-bond acceptors (Lipinski definition) is 7. The van der Waals surface area contributed by atoms with Gasteiger partial charge in [-0.3, -0.25) is 9.89 Å². The first kappa shape index (κ1) is 18.7. The van der Waals surface area contributed by atoms with Crippen LogP contribution in [0, 0.1) is 0 Å². The largest absolute Gasteiger partial charge is 0.458 e. The number of carbonyl (C=O) groups excluding carboxylic acids is 1. The maximum atomic E-state index is 13.0. The normalized spacial score (nSPS) is 17.8. The van der Waals surface area contributed by atoms with E-state index in [0.717, 1.165) is 18.4 Å². The van der Waals surface area contributed by atoms with Crippen molar-refractivity contribution in [3.63, 3.8) is 0 Å². The number of benzene rings is 1. The number of carbonyl (C=O) groups is 1. The molecule has 30 heavy (non-hydrogen) atoms. The van der Waals surface area contributed by atoms with E-state index < -0.39 is 0 Å². The lowest BCUT2D eigenvalue weighted by atomic mass is 10.1. The number of hydrogen-bond donors (Lipinski definition) is 1. The Bertz CT molecular complexity index is 1070. The molecule has 0 radical (unpaired) electrons. The van der Waals surface area contributed by atoms with Crippen LogP contribution < -0.4 is 14.2 Å². The predicted molar refractivity (Wildman–Crippen MR) is 107 cm³/mol. The van der Waals surface area contributed by atoms with Gasteiger partial charge in [0.25, 0.3) is 5.91 Å². The average molecular weight is 428 g/mol. The Balaban J connectivity index is 1.27. The van der Waals surface area contributed by atoms with Gasteiger partial charge in [-0.1, -0.05) is 11.6 Å². The monoisotopic (exact) mass is 427 g/mol. The zero-order valence-electron chi connectivity index (χ0n) is 15.9. The summed E-state index contributed by atoms with van der Waals surface area (Å²) in [6.45, 7) is 1.31. The predicted octanol–water partition coefficient (Wildman–Crippen LogP) is 2.93. The second kappa shape index (κ2) is 7.83. The number of likely N-dealkylation sites (tertiary alicyclic amines) is 1. The van der Waals surface area contributed by atoms with Crippen LogP contribution in [-0.2, 0) is 0 Å². The number of halogens is 1. The standard InChI is InChI=1S/C20H18ClN5O4/c21-13-8-22-20(23-9-13)30-14-2-1-5-26(10-14)19(27)16-7-15(24-25-16)12-3-4-17-18(6-12)29-11-28-17/h3-4,6-9,14H,1-2,5,10-11H2,(H,24,25). The Hall–Kier alpha value is -3.33. The number of rotatable bonds is 4. The van der Waals surface area contributed by atoms with Crippen molar-refractivity contribution in [2.75, 3.05) is 19.9 Å². The Morgan fingerprint density at radius 3 is 2.90 bits per heavy atom. The van der Waals surface area contributed by atoms with Crippen molar-refractivity contribution >= 4 is 17.5 Å². The lowest BCUT2D eigenvalue weighted by Gasteiger charge is -2.32. The third-order valence-electron chi connectivity index (χ3n) is 5.01. The molecule has 2 aliphatic heterocycles. The Labute approximate surface area is 176 Å². The Morgan fingerprint density at radius 2 is 2.03 bits per heavy atom. The SMILES string of the molecule is O=C(c1cc(-c2ccc3c(c2)OCO3)n[nH]1)N1CCCC(Oc2ncc(Cl)cn2)C1. The molecule has 0 aliphatic carbocycles. The molecule has 3 aromatic rings. The van der Waals surface area contributed by atoms with Gasteiger partial charge in [0.2, 0.25) is 6.79 Å². The summed E-state index contributed by atoms with van der Waals surface area (Å²) >= 11 is 5.80. The van der Waals surface area contributed by atoms with Crippen molar-refractivity contribution in [3.05, 3.63) is 47.4 Å². The Morgan fingerprint density at radius 1 is 1.20 bits per heavy atom.